The van der Waals surface area contributed by atoms with Gasteiger partial charge in [-0.1, -0.05) is 13.8 Å². The summed E-state index contributed by atoms with van der Waals surface area (Å²) in [5.74, 6) is -1.02. The van der Waals surface area contributed by atoms with Crippen molar-refractivity contribution in [1.82, 2.24) is 4.31 Å². The van der Waals surface area contributed by atoms with Crippen LogP contribution in [0.15, 0.2) is 0 Å². The minimum absolute atomic E-state index is 0.0474. The van der Waals surface area contributed by atoms with Gasteiger partial charge in [0.05, 0.1) is 5.75 Å². The quantitative estimate of drug-likeness (QED) is 0.838. The van der Waals surface area contributed by atoms with Crippen LogP contribution in [0.5, 0.6) is 0 Å². The SMILES string of the molecule is CC1(C)[C@H]2CC[C@]1(CS(=O)(=O)N1CCCC[C@@H]1C(=O)O)C(=O)C2. The fourth-order valence-corrected chi connectivity index (χ4v) is 7.44. The number of sulfonamides is 1. The highest BCUT2D eigenvalue weighted by molar-refractivity contribution is 7.89. The standard InChI is InChI=1S/C16H25NO5S/c1-15(2)11-6-7-16(15,13(18)9-11)10-23(21,22)17-8-4-3-5-12(17)14(19)20/h11-12H,3-10H2,1-2H3,(H,19,20)/t11-,12+,16-/m0/s1. The number of hydrogen-bond acceptors (Lipinski definition) is 4. The van der Waals surface area contributed by atoms with Crippen molar-refractivity contribution in [2.24, 2.45) is 16.7 Å². The second-order valence-corrected chi connectivity index (χ2v) is 9.80. The number of carbonyl (C=O) groups is 2. The van der Waals surface area contributed by atoms with Crippen LogP contribution in [-0.4, -0.2) is 47.9 Å². The molecule has 7 heteroatoms. The van der Waals surface area contributed by atoms with Gasteiger partial charge in [0.25, 0.3) is 0 Å². The van der Waals surface area contributed by atoms with Gasteiger partial charge < -0.3 is 5.11 Å². The maximum absolute atomic E-state index is 13.0. The minimum atomic E-state index is -3.78. The summed E-state index contributed by atoms with van der Waals surface area (Å²) in [7, 11) is -3.78. The normalized spacial score (nSPS) is 37.2. The zero-order chi connectivity index (χ0) is 17.0. The second kappa shape index (κ2) is 5.28. The molecule has 0 aromatic carbocycles. The fraction of sp³-hybridized carbons (Fsp3) is 0.875. The number of carbonyl (C=O) groups excluding carboxylic acids is 1. The molecule has 3 aliphatic rings. The summed E-state index contributed by atoms with van der Waals surface area (Å²) in [5, 5.41) is 9.34. The number of ketones is 1. The first kappa shape index (κ1) is 16.9. The number of fused-ring (bicyclic) bond motifs is 2. The van der Waals surface area contributed by atoms with Crippen molar-refractivity contribution >= 4 is 21.8 Å². The summed E-state index contributed by atoms with van der Waals surface area (Å²) < 4.78 is 27.1. The van der Waals surface area contributed by atoms with Gasteiger partial charge in [-0.15, -0.1) is 0 Å². The smallest absolute Gasteiger partial charge is 0.322 e. The molecule has 0 aromatic rings. The van der Waals surface area contributed by atoms with Crippen LogP contribution in [0, 0.1) is 16.7 Å². The number of Topliss-reactive ketones (excluding diaryl/α,β-unsaturated/α-hetero) is 1. The topological polar surface area (TPSA) is 91.8 Å². The van der Waals surface area contributed by atoms with Gasteiger partial charge in [-0.25, -0.2) is 8.42 Å². The maximum Gasteiger partial charge on any atom is 0.322 e. The first-order chi connectivity index (χ1) is 10.6. The van der Waals surface area contributed by atoms with Gasteiger partial charge in [0.2, 0.25) is 10.0 Å². The van der Waals surface area contributed by atoms with E-state index < -0.39 is 27.4 Å². The summed E-state index contributed by atoms with van der Waals surface area (Å²) in [6, 6.07) is -0.984. The molecule has 1 aliphatic heterocycles. The molecule has 23 heavy (non-hydrogen) atoms. The highest BCUT2D eigenvalue weighted by Gasteiger charge is 2.65. The molecule has 2 saturated carbocycles. The van der Waals surface area contributed by atoms with Gasteiger partial charge in [0.15, 0.2) is 0 Å². The fourth-order valence-electron chi connectivity index (χ4n) is 4.99. The van der Waals surface area contributed by atoms with Gasteiger partial charge >= 0.3 is 5.97 Å². The van der Waals surface area contributed by atoms with Crippen LogP contribution in [0.4, 0.5) is 0 Å². The molecule has 0 aromatic heterocycles. The van der Waals surface area contributed by atoms with Crippen molar-refractivity contribution in [3.63, 3.8) is 0 Å². The average Bonchev–Trinajstić information content (AvgIpc) is 2.81. The number of piperidine rings is 1. The van der Waals surface area contributed by atoms with Crippen LogP contribution in [0.2, 0.25) is 0 Å². The third-order valence-corrected chi connectivity index (χ3v) is 8.67. The van der Waals surface area contributed by atoms with Crippen molar-refractivity contribution in [2.45, 2.75) is 58.4 Å². The van der Waals surface area contributed by atoms with E-state index in [-0.39, 0.29) is 29.4 Å². The Labute approximate surface area is 137 Å². The Kier molecular flexibility index (Phi) is 3.87. The molecule has 1 saturated heterocycles. The Morgan fingerprint density at radius 3 is 2.52 bits per heavy atom. The van der Waals surface area contributed by atoms with Gasteiger partial charge in [-0.05, 0) is 43.4 Å². The first-order valence-electron chi connectivity index (χ1n) is 8.37. The van der Waals surface area contributed by atoms with Gasteiger partial charge in [-0.3, -0.25) is 9.59 Å². The Hall–Kier alpha value is -0.950. The molecular weight excluding hydrogens is 318 g/mol. The molecule has 2 aliphatic carbocycles. The summed E-state index contributed by atoms with van der Waals surface area (Å²) in [6.07, 6.45) is 3.70. The third kappa shape index (κ3) is 2.35. The van der Waals surface area contributed by atoms with Crippen LogP contribution in [0.1, 0.15) is 52.4 Å². The Bertz CT molecular complexity index is 641. The van der Waals surface area contributed by atoms with E-state index in [0.717, 1.165) is 17.1 Å². The summed E-state index contributed by atoms with van der Waals surface area (Å²) in [4.78, 5) is 24.0. The van der Waals surface area contributed by atoms with Gasteiger partial charge in [0.1, 0.15) is 11.8 Å². The van der Waals surface area contributed by atoms with E-state index in [4.69, 9.17) is 0 Å². The lowest BCUT2D eigenvalue weighted by Gasteiger charge is -2.39. The Balaban J connectivity index is 1.92. The van der Waals surface area contributed by atoms with Crippen molar-refractivity contribution in [3.05, 3.63) is 0 Å². The molecule has 3 fully saturated rings. The largest absolute Gasteiger partial charge is 0.480 e. The van der Waals surface area contributed by atoms with E-state index in [1.807, 2.05) is 13.8 Å². The number of rotatable bonds is 4. The highest BCUT2D eigenvalue weighted by atomic mass is 32.2. The average molecular weight is 343 g/mol. The number of aliphatic carboxylic acids is 1. The Morgan fingerprint density at radius 1 is 1.30 bits per heavy atom. The number of hydrogen-bond donors (Lipinski definition) is 1. The van der Waals surface area contributed by atoms with Crippen molar-refractivity contribution in [2.75, 3.05) is 12.3 Å². The van der Waals surface area contributed by atoms with Crippen LogP contribution < -0.4 is 0 Å². The molecule has 3 rings (SSSR count). The maximum atomic E-state index is 13.0. The molecule has 1 heterocycles. The predicted molar refractivity (Wildman–Crippen MR) is 84.3 cm³/mol. The van der Waals surface area contributed by atoms with Crippen LogP contribution in [-0.2, 0) is 19.6 Å². The van der Waals surface area contributed by atoms with E-state index in [1.54, 1.807) is 0 Å². The molecule has 3 atom stereocenters. The van der Waals surface area contributed by atoms with E-state index in [1.165, 1.54) is 0 Å². The molecule has 6 nitrogen and oxygen atoms in total. The van der Waals surface area contributed by atoms with Crippen molar-refractivity contribution in [3.8, 4) is 0 Å². The summed E-state index contributed by atoms with van der Waals surface area (Å²) in [6.45, 7) is 4.24. The van der Waals surface area contributed by atoms with E-state index in [9.17, 15) is 23.1 Å². The minimum Gasteiger partial charge on any atom is -0.480 e. The zero-order valence-corrected chi connectivity index (χ0v) is 14.6. The number of carboxylic acid groups (broad SMARTS) is 1. The molecule has 0 unspecified atom stereocenters. The van der Waals surface area contributed by atoms with Crippen molar-refractivity contribution < 1.29 is 23.1 Å². The molecule has 2 bridgehead atoms. The van der Waals surface area contributed by atoms with Crippen LogP contribution in [0.3, 0.4) is 0 Å². The molecule has 0 radical (unpaired) electrons. The number of nitrogens with zero attached hydrogens (tertiary/aromatic N) is 1. The van der Waals surface area contributed by atoms with Gasteiger partial charge in [-0.2, -0.15) is 4.31 Å². The third-order valence-electron chi connectivity index (χ3n) is 6.66. The zero-order valence-electron chi connectivity index (χ0n) is 13.7. The lowest BCUT2D eigenvalue weighted by atomic mass is 9.70. The second-order valence-electron chi connectivity index (χ2n) is 7.88. The van der Waals surface area contributed by atoms with E-state index in [2.05, 4.69) is 0 Å². The molecule has 0 spiro atoms. The summed E-state index contributed by atoms with van der Waals surface area (Å²) in [5.41, 5.74) is -1.16. The predicted octanol–water partition coefficient (Wildman–Crippen LogP) is 1.65. The molecule has 130 valence electrons. The lowest BCUT2D eigenvalue weighted by Crippen LogP contribution is -2.52. The number of carboxylic acids is 1. The molecule has 1 N–H and O–H groups in total. The van der Waals surface area contributed by atoms with Crippen LogP contribution >= 0.6 is 0 Å². The van der Waals surface area contributed by atoms with Crippen LogP contribution in [0.25, 0.3) is 0 Å². The first-order valence-corrected chi connectivity index (χ1v) is 9.98. The van der Waals surface area contributed by atoms with Gasteiger partial charge in [0, 0.05) is 18.4 Å². The van der Waals surface area contributed by atoms with E-state index >= 15 is 0 Å². The lowest BCUT2D eigenvalue weighted by molar-refractivity contribution is -0.142. The van der Waals surface area contributed by atoms with E-state index in [0.29, 0.717) is 25.7 Å². The highest BCUT2D eigenvalue weighted by Crippen LogP contribution is 2.64. The summed E-state index contributed by atoms with van der Waals surface area (Å²) >= 11 is 0. The molecule has 0 amide bonds. The van der Waals surface area contributed by atoms with Crippen molar-refractivity contribution in [1.29, 1.82) is 0 Å². The monoisotopic (exact) mass is 343 g/mol. The molecular formula is C16H25NO5S. The Morgan fingerprint density at radius 2 is 2.00 bits per heavy atom.